The van der Waals surface area contributed by atoms with E-state index in [1.165, 1.54) is 7.11 Å². The third-order valence-electron chi connectivity index (χ3n) is 3.37. The average molecular weight is 283 g/mol. The first-order valence-electron chi connectivity index (χ1n) is 7.33. The smallest absolute Gasteiger partial charge is 0.165 e. The molecule has 0 fully saturated rings. The fourth-order valence-corrected chi connectivity index (χ4v) is 2.42. The fraction of sp³-hybridized carbons (Fsp3) is 0.625. The Hall–Kier alpha value is -1.13. The molecule has 0 saturated heterocycles. The molecule has 0 aliphatic carbocycles. The van der Waals surface area contributed by atoms with Gasteiger partial charge in [-0.05, 0) is 44.0 Å². The Kier molecular flexibility index (Phi) is 7.55. The molecular weight excluding hydrogens is 257 g/mol. The van der Waals surface area contributed by atoms with Gasteiger partial charge in [0.25, 0.3) is 0 Å². The summed E-state index contributed by atoms with van der Waals surface area (Å²) in [4.78, 5) is 0. The van der Waals surface area contributed by atoms with Crippen LogP contribution in [0.2, 0.25) is 0 Å². The van der Waals surface area contributed by atoms with E-state index < -0.39 is 0 Å². The van der Waals surface area contributed by atoms with E-state index in [1.807, 2.05) is 13.0 Å². The van der Waals surface area contributed by atoms with Crippen molar-refractivity contribution < 1.29 is 13.9 Å². The van der Waals surface area contributed by atoms with Crippen LogP contribution in [0.1, 0.15) is 32.8 Å². The number of hydrogen-bond donors (Lipinski definition) is 1. The molecule has 0 aliphatic heterocycles. The summed E-state index contributed by atoms with van der Waals surface area (Å²) in [6.45, 7) is 7.74. The molecule has 1 N–H and O–H groups in total. The zero-order valence-corrected chi connectivity index (χ0v) is 12.9. The third kappa shape index (κ3) is 4.76. The maximum atomic E-state index is 13.7. The highest BCUT2D eigenvalue weighted by atomic mass is 19.1. The summed E-state index contributed by atoms with van der Waals surface area (Å²) in [5.74, 6) is -0.0321. The number of benzene rings is 1. The third-order valence-corrected chi connectivity index (χ3v) is 3.37. The number of nitrogens with one attached hydrogen (secondary N) is 1. The van der Waals surface area contributed by atoms with Crippen molar-refractivity contribution >= 4 is 0 Å². The van der Waals surface area contributed by atoms with Gasteiger partial charge in [0.2, 0.25) is 0 Å². The van der Waals surface area contributed by atoms with E-state index in [1.54, 1.807) is 12.1 Å². The normalized spacial score (nSPS) is 14.1. The molecule has 20 heavy (non-hydrogen) atoms. The van der Waals surface area contributed by atoms with Gasteiger partial charge in [0.05, 0.1) is 13.2 Å². The second kappa shape index (κ2) is 8.93. The van der Waals surface area contributed by atoms with E-state index in [0.717, 1.165) is 24.9 Å². The van der Waals surface area contributed by atoms with Crippen molar-refractivity contribution in [2.24, 2.45) is 0 Å². The Labute approximate surface area is 121 Å². The number of likely N-dealkylation sites (N-methyl/N-ethyl adjacent to an activating group) is 1. The Morgan fingerprint density at radius 3 is 2.50 bits per heavy atom. The van der Waals surface area contributed by atoms with Crippen LogP contribution in [-0.2, 0) is 11.2 Å². The summed E-state index contributed by atoms with van der Waals surface area (Å²) in [7, 11) is 1.47. The molecule has 2 atom stereocenters. The minimum absolute atomic E-state index is 0.144. The van der Waals surface area contributed by atoms with E-state index in [2.05, 4.69) is 19.2 Å². The first-order valence-corrected chi connectivity index (χ1v) is 7.33. The Balaban J connectivity index is 2.81. The molecular formula is C16H26FNO2. The monoisotopic (exact) mass is 283 g/mol. The zero-order valence-electron chi connectivity index (χ0n) is 12.9. The topological polar surface area (TPSA) is 30.5 Å². The van der Waals surface area contributed by atoms with E-state index in [0.29, 0.717) is 6.61 Å². The van der Waals surface area contributed by atoms with Crippen LogP contribution in [0.5, 0.6) is 5.75 Å². The summed E-state index contributed by atoms with van der Waals surface area (Å²) in [5, 5.41) is 3.44. The first kappa shape index (κ1) is 16.9. The second-order valence-electron chi connectivity index (χ2n) is 4.74. The highest BCUT2D eigenvalue weighted by Crippen LogP contribution is 2.20. The minimum Gasteiger partial charge on any atom is -0.494 e. The second-order valence-corrected chi connectivity index (χ2v) is 4.74. The van der Waals surface area contributed by atoms with Crippen molar-refractivity contribution in [2.75, 3.05) is 20.3 Å². The van der Waals surface area contributed by atoms with Crippen molar-refractivity contribution in [2.45, 2.75) is 45.8 Å². The van der Waals surface area contributed by atoms with Crippen molar-refractivity contribution in [3.05, 3.63) is 29.6 Å². The van der Waals surface area contributed by atoms with Crippen molar-refractivity contribution in [3.63, 3.8) is 0 Å². The maximum Gasteiger partial charge on any atom is 0.165 e. The molecule has 1 aromatic rings. The maximum absolute atomic E-state index is 13.7. The Morgan fingerprint density at radius 2 is 2.00 bits per heavy atom. The van der Waals surface area contributed by atoms with Crippen LogP contribution in [0.15, 0.2) is 18.2 Å². The van der Waals surface area contributed by atoms with Crippen LogP contribution in [0, 0.1) is 5.82 Å². The summed E-state index contributed by atoms with van der Waals surface area (Å²) in [6.07, 6.45) is 1.82. The molecule has 0 bridgehead atoms. The van der Waals surface area contributed by atoms with Crippen LogP contribution in [0.25, 0.3) is 0 Å². The number of ether oxygens (including phenoxy) is 2. The lowest BCUT2D eigenvalue weighted by molar-refractivity contribution is 0.0323. The molecule has 1 rings (SSSR count). The molecule has 0 saturated carbocycles. The highest BCUT2D eigenvalue weighted by molar-refractivity contribution is 5.29. The van der Waals surface area contributed by atoms with Crippen LogP contribution >= 0.6 is 0 Å². The van der Waals surface area contributed by atoms with Gasteiger partial charge in [0.15, 0.2) is 11.6 Å². The summed E-state index contributed by atoms with van der Waals surface area (Å²) >= 11 is 0. The lowest BCUT2D eigenvalue weighted by atomic mass is 9.99. The molecule has 0 aliphatic rings. The standard InChI is InChI=1S/C16H26FNO2/c1-5-15(20-7-3)14(18-6-2)11-12-8-9-16(19-4)13(17)10-12/h8-10,14-15,18H,5-7,11H2,1-4H3. The zero-order chi connectivity index (χ0) is 15.0. The highest BCUT2D eigenvalue weighted by Gasteiger charge is 2.20. The molecule has 3 nitrogen and oxygen atoms in total. The van der Waals surface area contributed by atoms with E-state index >= 15 is 0 Å². The van der Waals surface area contributed by atoms with Gasteiger partial charge < -0.3 is 14.8 Å². The number of halogens is 1. The van der Waals surface area contributed by atoms with Gasteiger partial charge in [0.1, 0.15) is 0 Å². The summed E-state index contributed by atoms with van der Waals surface area (Å²) < 4.78 is 24.5. The molecule has 0 heterocycles. The van der Waals surface area contributed by atoms with E-state index in [9.17, 15) is 4.39 Å². The molecule has 0 aromatic heterocycles. The molecule has 2 unspecified atom stereocenters. The van der Waals surface area contributed by atoms with Gasteiger partial charge >= 0.3 is 0 Å². The van der Waals surface area contributed by atoms with Gasteiger partial charge in [-0.2, -0.15) is 0 Å². The van der Waals surface area contributed by atoms with Crippen LogP contribution in [0.3, 0.4) is 0 Å². The minimum atomic E-state index is -0.315. The van der Waals surface area contributed by atoms with Crippen LogP contribution < -0.4 is 10.1 Å². The first-order chi connectivity index (χ1) is 9.65. The van der Waals surface area contributed by atoms with Crippen molar-refractivity contribution in [1.29, 1.82) is 0 Å². The molecule has 0 amide bonds. The number of methoxy groups -OCH3 is 1. The van der Waals surface area contributed by atoms with Crippen molar-refractivity contribution in [1.82, 2.24) is 5.32 Å². The van der Waals surface area contributed by atoms with Crippen molar-refractivity contribution in [3.8, 4) is 5.75 Å². The van der Waals surface area contributed by atoms with Crippen LogP contribution in [-0.4, -0.2) is 32.4 Å². The Morgan fingerprint density at radius 1 is 1.25 bits per heavy atom. The predicted molar refractivity (Wildman–Crippen MR) is 79.8 cm³/mol. The Bertz CT molecular complexity index is 398. The number of rotatable bonds is 9. The quantitative estimate of drug-likeness (QED) is 0.755. The number of hydrogen-bond acceptors (Lipinski definition) is 3. The fourth-order valence-electron chi connectivity index (χ4n) is 2.42. The molecule has 4 heteroatoms. The molecule has 0 radical (unpaired) electrons. The summed E-state index contributed by atoms with van der Waals surface area (Å²) in [5.41, 5.74) is 0.951. The molecule has 1 aromatic carbocycles. The average Bonchev–Trinajstić information content (AvgIpc) is 2.44. The van der Waals surface area contributed by atoms with Gasteiger partial charge in [0, 0.05) is 12.6 Å². The van der Waals surface area contributed by atoms with Gasteiger partial charge in [-0.25, -0.2) is 4.39 Å². The van der Waals surface area contributed by atoms with E-state index in [-0.39, 0.29) is 23.7 Å². The van der Waals surface area contributed by atoms with Gasteiger partial charge in [-0.15, -0.1) is 0 Å². The van der Waals surface area contributed by atoms with Crippen LogP contribution in [0.4, 0.5) is 4.39 Å². The lowest BCUT2D eigenvalue weighted by Crippen LogP contribution is -2.42. The largest absolute Gasteiger partial charge is 0.494 e. The lowest BCUT2D eigenvalue weighted by Gasteiger charge is -2.27. The SMILES string of the molecule is CCNC(Cc1ccc(OC)c(F)c1)C(CC)OCC. The molecule has 114 valence electrons. The molecule has 0 spiro atoms. The van der Waals surface area contributed by atoms with Gasteiger partial charge in [-0.1, -0.05) is 19.9 Å². The predicted octanol–water partition coefficient (Wildman–Crippen LogP) is 3.17. The summed E-state index contributed by atoms with van der Waals surface area (Å²) in [6, 6.07) is 5.32. The van der Waals surface area contributed by atoms with E-state index in [4.69, 9.17) is 9.47 Å². The van der Waals surface area contributed by atoms with Gasteiger partial charge in [-0.3, -0.25) is 0 Å².